The van der Waals surface area contributed by atoms with E-state index in [4.69, 9.17) is 0 Å². The van der Waals surface area contributed by atoms with Crippen LogP contribution >= 0.6 is 0 Å². The lowest BCUT2D eigenvalue weighted by Crippen LogP contribution is -2.28. The second kappa shape index (κ2) is 7.27. The molecule has 0 radical (unpaired) electrons. The van der Waals surface area contributed by atoms with Gasteiger partial charge < -0.3 is 5.32 Å². The van der Waals surface area contributed by atoms with E-state index in [0.29, 0.717) is 5.56 Å². The highest BCUT2D eigenvalue weighted by Crippen LogP contribution is 2.23. The Morgan fingerprint density at radius 3 is 2.08 bits per heavy atom. The number of nitrogens with one attached hydrogen (secondary N) is 2. The first-order chi connectivity index (χ1) is 11.7. The van der Waals surface area contributed by atoms with Gasteiger partial charge in [0.15, 0.2) is 5.78 Å². The fraction of sp³-hybridized carbons (Fsp3) is 0.118. The minimum absolute atomic E-state index is 0.00725. The molecular weight excluding hydrogens is 344 g/mol. The largest absolute Gasteiger partial charge is 0.326 e. The maximum atomic E-state index is 12.7. The van der Waals surface area contributed by atoms with Crippen LogP contribution in [-0.2, 0) is 19.6 Å². The average molecular weight is 360 g/mol. The van der Waals surface area contributed by atoms with Gasteiger partial charge in [0.2, 0.25) is 11.8 Å². The summed E-state index contributed by atoms with van der Waals surface area (Å²) in [5.41, 5.74) is 0.527. The van der Waals surface area contributed by atoms with Gasteiger partial charge in [-0.2, -0.15) is 0 Å². The van der Waals surface area contributed by atoms with Crippen LogP contribution < -0.4 is 10.0 Å². The van der Waals surface area contributed by atoms with E-state index in [9.17, 15) is 22.8 Å². The summed E-state index contributed by atoms with van der Waals surface area (Å²) in [7, 11) is -4.11. The third kappa shape index (κ3) is 4.51. The van der Waals surface area contributed by atoms with Crippen molar-refractivity contribution in [3.63, 3.8) is 0 Å². The molecule has 2 aromatic carbocycles. The van der Waals surface area contributed by atoms with Crippen LogP contribution in [0.5, 0.6) is 0 Å². The summed E-state index contributed by atoms with van der Waals surface area (Å²) >= 11 is 0. The minimum atomic E-state index is -4.11. The SMILES string of the molecule is CC(=O)Nc1ccc(S(=O)(=O)NC(C)=O)cc1C(=O)c1ccccc1. The number of hydrogen-bond donors (Lipinski definition) is 2. The highest BCUT2D eigenvalue weighted by Gasteiger charge is 2.21. The molecular formula is C17H16N2O5S. The Labute approximate surface area is 145 Å². The third-order valence-corrected chi connectivity index (χ3v) is 4.60. The first-order valence-corrected chi connectivity index (χ1v) is 8.74. The second-order valence-corrected chi connectivity index (χ2v) is 6.93. The number of hydrogen-bond acceptors (Lipinski definition) is 5. The van der Waals surface area contributed by atoms with Crippen LogP contribution in [0.25, 0.3) is 0 Å². The maximum absolute atomic E-state index is 12.7. The van der Waals surface area contributed by atoms with E-state index in [0.717, 1.165) is 13.0 Å². The third-order valence-electron chi connectivity index (χ3n) is 3.17. The molecule has 7 nitrogen and oxygen atoms in total. The van der Waals surface area contributed by atoms with Crippen molar-refractivity contribution < 1.29 is 22.8 Å². The van der Waals surface area contributed by atoms with Crippen molar-refractivity contribution in [2.45, 2.75) is 18.7 Å². The highest BCUT2D eigenvalue weighted by molar-refractivity contribution is 7.90. The number of benzene rings is 2. The van der Waals surface area contributed by atoms with E-state index in [-0.39, 0.29) is 16.1 Å². The van der Waals surface area contributed by atoms with Crippen LogP contribution in [0.1, 0.15) is 29.8 Å². The van der Waals surface area contributed by atoms with Crippen LogP contribution in [0.3, 0.4) is 0 Å². The number of amides is 2. The summed E-state index contributed by atoms with van der Waals surface area (Å²) in [6.45, 7) is 2.35. The van der Waals surface area contributed by atoms with Crippen molar-refractivity contribution in [3.8, 4) is 0 Å². The normalized spacial score (nSPS) is 10.8. The summed E-state index contributed by atoms with van der Waals surface area (Å²) < 4.78 is 26.1. The van der Waals surface area contributed by atoms with Gasteiger partial charge in [0, 0.05) is 25.0 Å². The zero-order valence-corrected chi connectivity index (χ0v) is 14.4. The number of ketones is 1. The standard InChI is InChI=1S/C17H16N2O5S/c1-11(20)18-16-9-8-14(25(23,24)19-12(2)21)10-15(16)17(22)13-6-4-3-5-7-13/h3-10H,1-2H3,(H,18,20)(H,19,21). The highest BCUT2D eigenvalue weighted by atomic mass is 32.2. The molecule has 0 aliphatic heterocycles. The fourth-order valence-corrected chi connectivity index (χ4v) is 3.19. The van der Waals surface area contributed by atoms with Crippen molar-refractivity contribution >= 4 is 33.3 Å². The van der Waals surface area contributed by atoms with Crippen LogP contribution in [0.2, 0.25) is 0 Å². The van der Waals surface area contributed by atoms with Gasteiger partial charge in [-0.1, -0.05) is 30.3 Å². The van der Waals surface area contributed by atoms with Crippen molar-refractivity contribution in [1.29, 1.82) is 0 Å². The smallest absolute Gasteiger partial charge is 0.264 e. The molecule has 0 fully saturated rings. The molecule has 2 aromatic rings. The van der Waals surface area contributed by atoms with Gasteiger partial charge in [0.25, 0.3) is 10.0 Å². The van der Waals surface area contributed by atoms with E-state index >= 15 is 0 Å². The summed E-state index contributed by atoms with van der Waals surface area (Å²) in [5.74, 6) is -1.61. The van der Waals surface area contributed by atoms with E-state index in [1.807, 2.05) is 4.72 Å². The monoisotopic (exact) mass is 360 g/mol. The fourth-order valence-electron chi connectivity index (χ4n) is 2.17. The minimum Gasteiger partial charge on any atom is -0.326 e. The Bertz CT molecular complexity index is 937. The Balaban J connectivity index is 2.57. The molecule has 0 atom stereocenters. The predicted molar refractivity (Wildman–Crippen MR) is 91.6 cm³/mol. The first-order valence-electron chi connectivity index (χ1n) is 7.25. The maximum Gasteiger partial charge on any atom is 0.264 e. The molecule has 0 aliphatic rings. The Morgan fingerprint density at radius 1 is 0.880 bits per heavy atom. The van der Waals surface area contributed by atoms with Crippen LogP contribution in [0, 0.1) is 0 Å². The van der Waals surface area contributed by atoms with Gasteiger partial charge in [-0.25, -0.2) is 13.1 Å². The molecule has 2 amide bonds. The van der Waals surface area contributed by atoms with E-state index < -0.39 is 27.6 Å². The first kappa shape index (κ1) is 18.3. The quantitative estimate of drug-likeness (QED) is 0.789. The lowest BCUT2D eigenvalue weighted by molar-refractivity contribution is -0.117. The van der Waals surface area contributed by atoms with E-state index in [1.54, 1.807) is 30.3 Å². The Kier molecular flexibility index (Phi) is 5.33. The molecule has 0 unspecified atom stereocenters. The summed E-state index contributed by atoms with van der Waals surface area (Å²) in [6.07, 6.45) is 0. The van der Waals surface area contributed by atoms with Gasteiger partial charge in [-0.3, -0.25) is 14.4 Å². The molecule has 0 spiro atoms. The van der Waals surface area contributed by atoms with Crippen molar-refractivity contribution in [2.24, 2.45) is 0 Å². The van der Waals surface area contributed by atoms with E-state index in [2.05, 4.69) is 5.32 Å². The van der Waals surface area contributed by atoms with Gasteiger partial charge in [-0.05, 0) is 18.2 Å². The number of carbonyl (C=O) groups excluding carboxylic acids is 3. The Hall–Kier alpha value is -3.00. The van der Waals surface area contributed by atoms with Crippen molar-refractivity contribution in [3.05, 3.63) is 59.7 Å². The summed E-state index contributed by atoms with van der Waals surface area (Å²) in [6, 6.07) is 11.9. The summed E-state index contributed by atoms with van der Waals surface area (Å²) in [4.78, 5) is 34.9. The molecule has 0 saturated carbocycles. The van der Waals surface area contributed by atoms with Gasteiger partial charge in [0.05, 0.1) is 10.6 Å². The predicted octanol–water partition coefficient (Wildman–Crippen LogP) is 1.70. The summed E-state index contributed by atoms with van der Waals surface area (Å²) in [5, 5.41) is 2.50. The molecule has 0 heterocycles. The number of anilines is 1. The van der Waals surface area contributed by atoms with Gasteiger partial charge in [-0.15, -0.1) is 0 Å². The van der Waals surface area contributed by atoms with E-state index in [1.165, 1.54) is 19.1 Å². The molecule has 0 aromatic heterocycles. The Morgan fingerprint density at radius 2 is 1.52 bits per heavy atom. The number of rotatable bonds is 5. The zero-order valence-electron chi connectivity index (χ0n) is 13.6. The van der Waals surface area contributed by atoms with Crippen molar-refractivity contribution in [2.75, 3.05) is 5.32 Å². The van der Waals surface area contributed by atoms with Crippen LogP contribution in [0.4, 0.5) is 5.69 Å². The molecule has 0 bridgehead atoms. The molecule has 25 heavy (non-hydrogen) atoms. The number of sulfonamides is 1. The molecule has 8 heteroatoms. The molecule has 0 aliphatic carbocycles. The van der Waals surface area contributed by atoms with Gasteiger partial charge in [0.1, 0.15) is 0 Å². The number of carbonyl (C=O) groups is 3. The molecule has 130 valence electrons. The van der Waals surface area contributed by atoms with Crippen LogP contribution in [-0.4, -0.2) is 26.0 Å². The second-order valence-electron chi connectivity index (χ2n) is 5.25. The average Bonchev–Trinajstić information content (AvgIpc) is 2.53. The van der Waals surface area contributed by atoms with Crippen LogP contribution in [0.15, 0.2) is 53.4 Å². The molecule has 0 saturated heterocycles. The lowest BCUT2D eigenvalue weighted by atomic mass is 10.0. The topological polar surface area (TPSA) is 109 Å². The lowest BCUT2D eigenvalue weighted by Gasteiger charge is -2.12. The van der Waals surface area contributed by atoms with Crippen molar-refractivity contribution in [1.82, 2.24) is 4.72 Å². The molecule has 2 N–H and O–H groups in total. The van der Waals surface area contributed by atoms with Gasteiger partial charge >= 0.3 is 0 Å². The molecule has 2 rings (SSSR count). The zero-order chi connectivity index (χ0) is 18.6.